The third kappa shape index (κ3) is 8.98. The molecule has 15 nitrogen and oxygen atoms in total. The number of nitrogens with one attached hydrogen (secondary N) is 1. The van der Waals surface area contributed by atoms with E-state index in [1.807, 2.05) is 33.9 Å². The summed E-state index contributed by atoms with van der Waals surface area (Å²) in [5, 5.41) is 28.8. The molecule has 7 rings (SSSR count). The number of carbonyl (C=O) groups is 6. The third-order valence-corrected chi connectivity index (χ3v) is 20.1. The molecule has 0 spiro atoms. The number of amides is 1. The molecule has 370 valence electrons. The molecule has 3 N–H and O–H groups in total. The topological polar surface area (TPSA) is 210 Å². The van der Waals surface area contributed by atoms with Crippen molar-refractivity contribution < 1.29 is 67.1 Å². The molecule has 69 heavy (non-hydrogen) atoms. The smallest absolute Gasteiger partial charge is 0.338 e. The minimum absolute atomic E-state index is 0.0502. The predicted molar refractivity (Wildman–Crippen MR) is 254 cm³/mol. The molecule has 2 saturated carbocycles. The molecule has 1 saturated heterocycles. The summed E-state index contributed by atoms with van der Waals surface area (Å²) in [6, 6.07) is 24.2. The lowest BCUT2D eigenvalue weighted by Crippen LogP contribution is -2.82. The van der Waals surface area contributed by atoms with E-state index in [1.165, 1.54) is 26.0 Å². The van der Waals surface area contributed by atoms with Crippen LogP contribution in [0.15, 0.2) is 102 Å². The van der Waals surface area contributed by atoms with Gasteiger partial charge in [0.25, 0.3) is 5.91 Å². The molecule has 3 aromatic carbocycles. The van der Waals surface area contributed by atoms with E-state index in [0.29, 0.717) is 11.1 Å². The van der Waals surface area contributed by atoms with Crippen LogP contribution < -0.4 is 5.32 Å². The summed E-state index contributed by atoms with van der Waals surface area (Å²) >= 11 is 0. The average molecular weight is 968 g/mol. The van der Waals surface area contributed by atoms with Crippen LogP contribution in [0.2, 0.25) is 18.1 Å². The second-order valence-corrected chi connectivity index (χ2v) is 26.0. The van der Waals surface area contributed by atoms with E-state index in [1.54, 1.807) is 99.6 Å². The Morgan fingerprint density at radius 1 is 0.826 bits per heavy atom. The van der Waals surface area contributed by atoms with Crippen molar-refractivity contribution >= 4 is 43.9 Å². The zero-order chi connectivity index (χ0) is 50.6. The fourth-order valence-corrected chi connectivity index (χ4v) is 12.0. The molecule has 3 aromatic rings. The first-order chi connectivity index (χ1) is 32.2. The van der Waals surface area contributed by atoms with Crippen LogP contribution in [-0.2, 0) is 47.3 Å². The fourth-order valence-electron chi connectivity index (χ4n) is 10.8. The molecule has 0 radical (unpaired) electrons. The Kier molecular flexibility index (Phi) is 13.9. The van der Waals surface area contributed by atoms with Gasteiger partial charge in [-0.05, 0) is 73.0 Å². The number of ketones is 1. The Balaban J connectivity index is 1.44. The molecule has 1 amide bonds. The maximum atomic E-state index is 15.8. The summed E-state index contributed by atoms with van der Waals surface area (Å²) in [5.74, 6) is -6.32. The van der Waals surface area contributed by atoms with Gasteiger partial charge < -0.3 is 43.6 Å². The number of aliphatic hydroxyl groups excluding tert-OH is 1. The molecule has 3 aliphatic carbocycles. The highest BCUT2D eigenvalue weighted by molar-refractivity contribution is 6.74. The lowest BCUT2D eigenvalue weighted by atomic mass is 9.44. The number of rotatable bonds is 12. The number of Topliss-reactive ketones (excluding diaryl/α,β-unsaturated/α-hetero) is 1. The van der Waals surface area contributed by atoms with Crippen LogP contribution in [0.4, 0.5) is 0 Å². The van der Waals surface area contributed by atoms with Crippen LogP contribution >= 0.6 is 0 Å². The van der Waals surface area contributed by atoms with Crippen molar-refractivity contribution in [2.45, 2.75) is 147 Å². The number of carbonyl (C=O) groups excluding carboxylic acids is 6. The van der Waals surface area contributed by atoms with E-state index in [2.05, 4.69) is 5.32 Å². The average Bonchev–Trinajstić information content (AvgIpc) is 3.28. The Morgan fingerprint density at radius 2 is 1.39 bits per heavy atom. The summed E-state index contributed by atoms with van der Waals surface area (Å²) in [5.41, 5.74) is -6.59. The Labute approximate surface area is 404 Å². The van der Waals surface area contributed by atoms with E-state index in [4.69, 9.17) is 28.1 Å². The number of fused-ring (bicyclic) bond motifs is 5. The van der Waals surface area contributed by atoms with Gasteiger partial charge in [-0.3, -0.25) is 19.2 Å². The summed E-state index contributed by atoms with van der Waals surface area (Å²) in [6.45, 7) is 18.2. The van der Waals surface area contributed by atoms with E-state index < -0.39 is 126 Å². The molecule has 4 aliphatic rings. The highest BCUT2D eigenvalue weighted by Crippen LogP contribution is 2.64. The normalized spacial score (nSPS) is 30.4. The second-order valence-electron chi connectivity index (χ2n) is 21.2. The molecule has 11 atom stereocenters. The maximum absolute atomic E-state index is 15.8. The van der Waals surface area contributed by atoms with Gasteiger partial charge in [0.1, 0.15) is 23.9 Å². The summed E-state index contributed by atoms with van der Waals surface area (Å²) in [4.78, 5) is 86.2. The van der Waals surface area contributed by atoms with Crippen LogP contribution in [-0.4, -0.2) is 109 Å². The summed E-state index contributed by atoms with van der Waals surface area (Å²) < 4.78 is 38.2. The SMILES string of the molecule is CC(=O)OC1C(=O)C2(C)C(O)CC3OC[C@@]3(OC(C)=O)[C@H]2[C@H](OC(=O)c2ccccc2)C2(O)C[C@H](OC(=O)C(O[Si](C)(C)C(C)(C)C)[C@@H](NC(=O)c3ccccc3)c3ccccc3)C(C)=C1C2(C)C. The summed E-state index contributed by atoms with van der Waals surface area (Å²) in [7, 11) is -2.93. The van der Waals surface area contributed by atoms with Gasteiger partial charge in [0.15, 0.2) is 31.9 Å². The number of benzene rings is 3. The predicted octanol–water partition coefficient (Wildman–Crippen LogP) is 6.77. The Hall–Kier alpha value is -5.52. The molecule has 2 bridgehead atoms. The van der Waals surface area contributed by atoms with Crippen LogP contribution in [0.25, 0.3) is 0 Å². The molecule has 1 heterocycles. The van der Waals surface area contributed by atoms with Gasteiger partial charge in [0.2, 0.25) is 0 Å². The second kappa shape index (κ2) is 18.7. The van der Waals surface area contributed by atoms with E-state index in [0.717, 1.165) is 6.92 Å². The van der Waals surface area contributed by atoms with Crippen molar-refractivity contribution in [1.82, 2.24) is 5.32 Å². The molecule has 1 aliphatic heterocycles. The van der Waals surface area contributed by atoms with Crippen molar-refractivity contribution in [3.05, 3.63) is 119 Å². The fraction of sp³-hybridized carbons (Fsp3) is 0.509. The van der Waals surface area contributed by atoms with Crippen molar-refractivity contribution in [3.63, 3.8) is 0 Å². The van der Waals surface area contributed by atoms with E-state index >= 15 is 9.59 Å². The number of aliphatic hydroxyl groups is 2. The number of hydrogen-bond acceptors (Lipinski definition) is 14. The first-order valence-corrected chi connectivity index (χ1v) is 26.3. The highest BCUT2D eigenvalue weighted by atomic mass is 28.4. The zero-order valence-electron chi connectivity index (χ0n) is 41.2. The van der Waals surface area contributed by atoms with Gasteiger partial charge >= 0.3 is 23.9 Å². The van der Waals surface area contributed by atoms with Gasteiger partial charge in [0, 0.05) is 37.7 Å². The van der Waals surface area contributed by atoms with Crippen LogP contribution in [0.5, 0.6) is 0 Å². The van der Waals surface area contributed by atoms with Gasteiger partial charge in [-0.1, -0.05) is 101 Å². The summed E-state index contributed by atoms with van der Waals surface area (Å²) in [6.07, 6.45) is -9.79. The number of esters is 4. The number of hydrogen-bond donors (Lipinski definition) is 3. The standard InChI is InChI=1S/C53H65NO14Si/c1-30-36(65-48(61)42(68-69(10,11)49(4,5)6)40(33-21-15-12-16-22-33)54-46(59)34-23-17-13-18-24-34)28-53(62)45(66-47(60)35-25-19-14-20-26-35)43-51(9,37(57)27-38-52(43,29-63-38)67-32(3)56)44(58)41(64-31(2)55)39(30)50(53,7)8/h12-26,36-38,40-43,45,57,62H,27-29H2,1-11H3,(H,54,59)/t36-,37?,38?,40-,41?,42?,43-,45-,51?,52-,53?/m0/s1. The van der Waals surface area contributed by atoms with Crippen molar-refractivity contribution in [2.75, 3.05) is 6.61 Å². The first kappa shape index (κ1) is 51.3. The highest BCUT2D eigenvalue weighted by Gasteiger charge is 2.78. The van der Waals surface area contributed by atoms with Gasteiger partial charge in [-0.15, -0.1) is 0 Å². The largest absolute Gasteiger partial charge is 0.456 e. The minimum atomic E-state index is -2.93. The monoisotopic (exact) mass is 967 g/mol. The molecular formula is C53H65NO14Si. The Morgan fingerprint density at radius 3 is 1.91 bits per heavy atom. The van der Waals surface area contributed by atoms with Crippen molar-refractivity contribution in [1.29, 1.82) is 0 Å². The maximum Gasteiger partial charge on any atom is 0.338 e. The van der Waals surface area contributed by atoms with Gasteiger partial charge in [-0.25, -0.2) is 9.59 Å². The van der Waals surface area contributed by atoms with E-state index in [9.17, 15) is 29.4 Å². The van der Waals surface area contributed by atoms with Crippen LogP contribution in [0.1, 0.15) is 107 Å². The lowest BCUT2D eigenvalue weighted by Gasteiger charge is -2.67. The van der Waals surface area contributed by atoms with Gasteiger partial charge in [-0.2, -0.15) is 0 Å². The molecule has 6 unspecified atom stereocenters. The number of ether oxygens (including phenoxy) is 5. The van der Waals surface area contributed by atoms with Crippen LogP contribution in [0, 0.1) is 16.7 Å². The first-order valence-electron chi connectivity index (χ1n) is 23.4. The Bertz CT molecular complexity index is 2510. The quantitative estimate of drug-likeness (QED) is 0.0741. The molecule has 16 heteroatoms. The van der Waals surface area contributed by atoms with Crippen molar-refractivity contribution in [2.24, 2.45) is 16.7 Å². The third-order valence-electron chi connectivity index (χ3n) is 15.7. The van der Waals surface area contributed by atoms with Crippen molar-refractivity contribution in [3.8, 4) is 0 Å². The molecular weight excluding hydrogens is 903 g/mol. The van der Waals surface area contributed by atoms with Gasteiger partial charge in [0.05, 0.1) is 35.6 Å². The minimum Gasteiger partial charge on any atom is -0.456 e. The zero-order valence-corrected chi connectivity index (χ0v) is 42.2. The lowest BCUT2D eigenvalue weighted by molar-refractivity contribution is -0.346. The van der Waals surface area contributed by atoms with Crippen LogP contribution in [0.3, 0.4) is 0 Å². The molecule has 3 fully saturated rings. The van der Waals surface area contributed by atoms with E-state index in [-0.39, 0.29) is 29.7 Å². The molecule has 0 aromatic heterocycles.